The minimum atomic E-state index is -3.27. The lowest BCUT2D eigenvalue weighted by molar-refractivity contribution is -0.121. The first-order valence-corrected chi connectivity index (χ1v) is 7.50. The number of nitrogens with one attached hydrogen (secondary N) is 1. The van der Waals surface area contributed by atoms with E-state index in [2.05, 4.69) is 5.32 Å². The number of rotatable bonds is 3. The van der Waals surface area contributed by atoms with Gasteiger partial charge in [-0.3, -0.25) is 4.79 Å². The van der Waals surface area contributed by atoms with E-state index in [0.29, 0.717) is 11.3 Å². The highest BCUT2D eigenvalue weighted by Crippen LogP contribution is 2.22. The minimum Gasteiger partial charge on any atom is -0.324 e. The van der Waals surface area contributed by atoms with Crippen LogP contribution in [0.4, 0.5) is 5.69 Å². The number of amides is 1. The second-order valence-corrected chi connectivity index (χ2v) is 6.96. The van der Waals surface area contributed by atoms with Crippen LogP contribution in [0, 0.1) is 23.7 Å². The first-order chi connectivity index (χ1) is 8.58. The van der Waals surface area contributed by atoms with Crippen molar-refractivity contribution >= 4 is 21.4 Å². The minimum absolute atomic E-state index is 0.197. The molecule has 0 saturated carbocycles. The number of nitrogens with zero attached hydrogens (tertiary/aromatic N) is 1. The Morgan fingerprint density at radius 1 is 1.37 bits per heavy atom. The van der Waals surface area contributed by atoms with Gasteiger partial charge in [0, 0.05) is 11.9 Å². The van der Waals surface area contributed by atoms with E-state index in [1.54, 1.807) is 6.92 Å². The molecule has 102 valence electrons. The van der Waals surface area contributed by atoms with E-state index in [4.69, 9.17) is 5.26 Å². The van der Waals surface area contributed by atoms with Crippen molar-refractivity contribution in [3.8, 4) is 6.07 Å². The molecule has 0 bridgehead atoms. The average Bonchev–Trinajstić information content (AvgIpc) is 2.30. The summed E-state index contributed by atoms with van der Waals surface area (Å²) in [5.74, 6) is -0.426. The number of aryl methyl sites for hydroxylation is 1. The SMILES string of the molecule is Cc1cc(S(C)(=O)=O)ccc1NC(=O)C(C)(C)C#N. The Labute approximate surface area is 113 Å². The van der Waals surface area contributed by atoms with E-state index in [0.717, 1.165) is 6.26 Å². The molecule has 0 aliphatic carbocycles. The van der Waals surface area contributed by atoms with Gasteiger partial charge in [0.25, 0.3) is 0 Å². The summed E-state index contributed by atoms with van der Waals surface area (Å²) in [5.41, 5.74) is -0.00665. The van der Waals surface area contributed by atoms with Gasteiger partial charge >= 0.3 is 0 Å². The molecular weight excluding hydrogens is 264 g/mol. The molecule has 0 saturated heterocycles. The molecule has 0 aliphatic rings. The monoisotopic (exact) mass is 280 g/mol. The summed E-state index contributed by atoms with van der Waals surface area (Å²) in [7, 11) is -3.27. The molecule has 0 aliphatic heterocycles. The van der Waals surface area contributed by atoms with Crippen LogP contribution < -0.4 is 5.32 Å². The summed E-state index contributed by atoms with van der Waals surface area (Å²) in [6.45, 7) is 4.73. The van der Waals surface area contributed by atoms with Crippen LogP contribution in [0.2, 0.25) is 0 Å². The van der Waals surface area contributed by atoms with Gasteiger partial charge in [-0.1, -0.05) is 0 Å². The standard InChI is InChI=1S/C13H16N2O3S/c1-9-7-10(19(4,17)18)5-6-11(9)15-12(16)13(2,3)8-14/h5-7H,1-4H3,(H,15,16). The van der Waals surface area contributed by atoms with Crippen LogP contribution in [0.3, 0.4) is 0 Å². The molecule has 6 heteroatoms. The number of anilines is 1. The molecule has 1 aromatic carbocycles. The van der Waals surface area contributed by atoms with Crippen molar-refractivity contribution in [2.24, 2.45) is 5.41 Å². The Morgan fingerprint density at radius 2 is 1.95 bits per heavy atom. The summed E-state index contributed by atoms with van der Waals surface area (Å²) in [6.07, 6.45) is 1.12. The molecule has 0 atom stereocenters. The van der Waals surface area contributed by atoms with Crippen molar-refractivity contribution in [2.45, 2.75) is 25.7 Å². The second-order valence-electron chi connectivity index (χ2n) is 4.94. The predicted octanol–water partition coefficient (Wildman–Crippen LogP) is 1.89. The first-order valence-electron chi connectivity index (χ1n) is 5.61. The number of hydrogen-bond donors (Lipinski definition) is 1. The van der Waals surface area contributed by atoms with E-state index in [1.165, 1.54) is 32.0 Å². The third kappa shape index (κ3) is 3.55. The predicted molar refractivity (Wildman–Crippen MR) is 72.3 cm³/mol. The van der Waals surface area contributed by atoms with Crippen LogP contribution in [0.1, 0.15) is 19.4 Å². The summed E-state index contributed by atoms with van der Waals surface area (Å²) in [6, 6.07) is 6.35. The quantitative estimate of drug-likeness (QED) is 0.915. The zero-order chi connectivity index (χ0) is 14.8. The zero-order valence-electron chi connectivity index (χ0n) is 11.3. The molecule has 0 spiro atoms. The van der Waals surface area contributed by atoms with Gasteiger partial charge < -0.3 is 5.32 Å². The maximum atomic E-state index is 11.8. The van der Waals surface area contributed by atoms with Crippen LogP contribution in [-0.2, 0) is 14.6 Å². The van der Waals surface area contributed by atoms with Crippen molar-refractivity contribution in [2.75, 3.05) is 11.6 Å². The topological polar surface area (TPSA) is 87.0 Å². The summed E-state index contributed by atoms with van der Waals surface area (Å²) >= 11 is 0. The van der Waals surface area contributed by atoms with Crippen molar-refractivity contribution in [3.05, 3.63) is 23.8 Å². The molecule has 0 aromatic heterocycles. The van der Waals surface area contributed by atoms with E-state index >= 15 is 0 Å². The Kier molecular flexibility index (Phi) is 4.01. The molecule has 19 heavy (non-hydrogen) atoms. The van der Waals surface area contributed by atoms with Crippen LogP contribution in [0.15, 0.2) is 23.1 Å². The smallest absolute Gasteiger partial charge is 0.244 e. The molecule has 1 aromatic rings. The fraction of sp³-hybridized carbons (Fsp3) is 0.385. The molecule has 0 unspecified atom stereocenters. The Morgan fingerprint density at radius 3 is 2.37 bits per heavy atom. The summed E-state index contributed by atoms with van der Waals surface area (Å²) in [4.78, 5) is 12.0. The van der Waals surface area contributed by atoms with E-state index in [9.17, 15) is 13.2 Å². The van der Waals surface area contributed by atoms with E-state index in [1.807, 2.05) is 6.07 Å². The maximum Gasteiger partial charge on any atom is 0.244 e. The van der Waals surface area contributed by atoms with Gasteiger partial charge in [-0.05, 0) is 44.5 Å². The molecule has 0 heterocycles. The highest BCUT2D eigenvalue weighted by Gasteiger charge is 2.27. The van der Waals surface area contributed by atoms with Gasteiger partial charge in [0.1, 0.15) is 5.41 Å². The van der Waals surface area contributed by atoms with Gasteiger partial charge in [0.05, 0.1) is 11.0 Å². The number of benzene rings is 1. The molecule has 0 fully saturated rings. The van der Waals surface area contributed by atoms with Gasteiger partial charge in [-0.15, -0.1) is 0 Å². The number of sulfone groups is 1. The highest BCUT2D eigenvalue weighted by molar-refractivity contribution is 7.90. The molecule has 1 rings (SSSR count). The molecule has 5 nitrogen and oxygen atoms in total. The zero-order valence-corrected chi connectivity index (χ0v) is 12.1. The summed E-state index contributed by atoms with van der Waals surface area (Å²) in [5, 5.41) is 11.5. The Hall–Kier alpha value is -1.87. The maximum absolute atomic E-state index is 11.8. The Bertz CT molecular complexity index is 655. The normalized spacial score (nSPS) is 11.7. The number of carbonyl (C=O) groups is 1. The number of carbonyl (C=O) groups excluding carboxylic acids is 1. The number of nitriles is 1. The lowest BCUT2D eigenvalue weighted by Crippen LogP contribution is -2.29. The van der Waals surface area contributed by atoms with Crippen LogP contribution >= 0.6 is 0 Å². The average molecular weight is 280 g/mol. The highest BCUT2D eigenvalue weighted by atomic mass is 32.2. The van der Waals surface area contributed by atoms with Crippen LogP contribution in [0.5, 0.6) is 0 Å². The third-order valence-electron chi connectivity index (χ3n) is 2.72. The van der Waals surface area contributed by atoms with Crippen molar-refractivity contribution in [1.82, 2.24) is 0 Å². The summed E-state index contributed by atoms with van der Waals surface area (Å²) < 4.78 is 22.8. The van der Waals surface area contributed by atoms with Crippen LogP contribution in [0.25, 0.3) is 0 Å². The largest absolute Gasteiger partial charge is 0.324 e. The number of hydrogen-bond acceptors (Lipinski definition) is 4. The molecule has 1 amide bonds. The molecule has 1 N–H and O–H groups in total. The van der Waals surface area contributed by atoms with Gasteiger partial charge in [0.2, 0.25) is 5.91 Å². The Balaban J connectivity index is 3.07. The fourth-order valence-corrected chi connectivity index (χ4v) is 2.04. The molecular formula is C13H16N2O3S. The second kappa shape index (κ2) is 5.02. The van der Waals surface area contributed by atoms with Crippen molar-refractivity contribution < 1.29 is 13.2 Å². The van der Waals surface area contributed by atoms with Crippen molar-refractivity contribution in [1.29, 1.82) is 5.26 Å². The van der Waals surface area contributed by atoms with Gasteiger partial charge in [0.15, 0.2) is 9.84 Å². The third-order valence-corrected chi connectivity index (χ3v) is 3.83. The molecule has 0 radical (unpaired) electrons. The lowest BCUT2D eigenvalue weighted by Gasteiger charge is -2.16. The first kappa shape index (κ1) is 15.2. The van der Waals surface area contributed by atoms with E-state index < -0.39 is 21.2 Å². The van der Waals surface area contributed by atoms with Crippen LogP contribution in [-0.4, -0.2) is 20.6 Å². The lowest BCUT2D eigenvalue weighted by atomic mass is 9.94. The van der Waals surface area contributed by atoms with Crippen molar-refractivity contribution in [3.63, 3.8) is 0 Å². The van der Waals surface area contributed by atoms with Gasteiger partial charge in [-0.25, -0.2) is 8.42 Å². The van der Waals surface area contributed by atoms with Gasteiger partial charge in [-0.2, -0.15) is 5.26 Å². The van der Waals surface area contributed by atoms with E-state index in [-0.39, 0.29) is 4.90 Å². The fourth-order valence-electron chi connectivity index (χ4n) is 1.34.